The second-order valence-corrected chi connectivity index (χ2v) is 7.57. The van der Waals surface area contributed by atoms with Crippen LogP contribution in [0.15, 0.2) is 36.4 Å². The fourth-order valence-corrected chi connectivity index (χ4v) is 3.86. The number of esters is 1. The number of hydrogen-bond acceptors (Lipinski definition) is 5. The fourth-order valence-electron chi connectivity index (χ4n) is 2.88. The van der Waals surface area contributed by atoms with Crippen molar-refractivity contribution in [2.24, 2.45) is 0 Å². The second-order valence-electron chi connectivity index (χ2n) is 6.51. The maximum absolute atomic E-state index is 12.5. The molecule has 1 amide bonds. The zero-order valence-electron chi connectivity index (χ0n) is 15.2. The highest BCUT2D eigenvalue weighted by atomic mass is 32.1. The van der Waals surface area contributed by atoms with Gasteiger partial charge >= 0.3 is 5.97 Å². The summed E-state index contributed by atoms with van der Waals surface area (Å²) < 4.78 is 5.05. The summed E-state index contributed by atoms with van der Waals surface area (Å²) in [6.45, 7) is 5.10. The summed E-state index contributed by atoms with van der Waals surface area (Å²) in [4.78, 5) is 27.2. The third-order valence-corrected chi connectivity index (χ3v) is 5.41. The Balaban J connectivity index is 1.60. The van der Waals surface area contributed by atoms with E-state index >= 15 is 0 Å². The van der Waals surface area contributed by atoms with E-state index in [1.807, 2.05) is 31.2 Å². The normalized spacial score (nSPS) is 13.7. The molecule has 1 aromatic heterocycles. The minimum atomic E-state index is -0.334. The summed E-state index contributed by atoms with van der Waals surface area (Å²) in [5, 5.41) is 3.62. The maximum Gasteiger partial charge on any atom is 0.348 e. The highest BCUT2D eigenvalue weighted by Crippen LogP contribution is 2.29. The highest BCUT2D eigenvalue weighted by molar-refractivity contribution is 7.18. The monoisotopic (exact) mass is 372 g/mol. The molecule has 0 saturated heterocycles. The molecule has 1 N–H and O–H groups in total. The zero-order valence-corrected chi connectivity index (χ0v) is 16.0. The van der Waals surface area contributed by atoms with Gasteiger partial charge in [0.25, 0.3) is 0 Å². The molecule has 1 aliphatic carbocycles. The van der Waals surface area contributed by atoms with Crippen LogP contribution in [0.4, 0.5) is 5.00 Å². The Morgan fingerprint density at radius 3 is 2.65 bits per heavy atom. The first-order valence-electron chi connectivity index (χ1n) is 8.92. The molecule has 1 aliphatic rings. The number of nitrogens with one attached hydrogen (secondary N) is 1. The molecule has 0 aliphatic heterocycles. The first-order valence-corrected chi connectivity index (χ1v) is 9.74. The molecule has 138 valence electrons. The Hall–Kier alpha value is -2.18. The van der Waals surface area contributed by atoms with Gasteiger partial charge in [-0.25, -0.2) is 4.79 Å². The third kappa shape index (κ3) is 4.93. The van der Waals surface area contributed by atoms with Crippen molar-refractivity contribution in [2.75, 3.05) is 18.5 Å². The minimum absolute atomic E-state index is 0.0514. The Kier molecular flexibility index (Phi) is 6.06. The summed E-state index contributed by atoms with van der Waals surface area (Å²) in [7, 11) is 0. The Labute approximate surface area is 158 Å². The molecular formula is C20H24N2O3S. The number of carbonyl (C=O) groups is 2. The maximum atomic E-state index is 12.5. The van der Waals surface area contributed by atoms with Crippen LogP contribution in [0.1, 0.15) is 40.6 Å². The molecule has 1 heterocycles. The van der Waals surface area contributed by atoms with Gasteiger partial charge in [0.1, 0.15) is 4.88 Å². The lowest BCUT2D eigenvalue weighted by atomic mass is 10.2. The largest absolute Gasteiger partial charge is 0.462 e. The predicted octanol–water partition coefficient (Wildman–Crippen LogP) is 3.84. The molecule has 1 aromatic carbocycles. The first-order chi connectivity index (χ1) is 12.6. The van der Waals surface area contributed by atoms with E-state index in [4.69, 9.17) is 4.74 Å². The number of nitrogens with zero attached hydrogens (tertiary/aromatic N) is 1. The van der Waals surface area contributed by atoms with Crippen LogP contribution in [-0.2, 0) is 16.1 Å². The number of benzene rings is 1. The van der Waals surface area contributed by atoms with E-state index in [2.05, 4.69) is 22.3 Å². The molecule has 6 heteroatoms. The van der Waals surface area contributed by atoms with Crippen molar-refractivity contribution in [3.05, 3.63) is 52.4 Å². The van der Waals surface area contributed by atoms with Crippen molar-refractivity contribution in [2.45, 2.75) is 39.3 Å². The topological polar surface area (TPSA) is 58.6 Å². The van der Waals surface area contributed by atoms with Gasteiger partial charge in [0.05, 0.1) is 18.2 Å². The van der Waals surface area contributed by atoms with Gasteiger partial charge in [-0.05, 0) is 43.9 Å². The average molecular weight is 372 g/mol. The quantitative estimate of drug-likeness (QED) is 0.716. The molecule has 2 aromatic rings. The Morgan fingerprint density at radius 2 is 2.00 bits per heavy atom. The minimum Gasteiger partial charge on any atom is -0.462 e. The highest BCUT2D eigenvalue weighted by Gasteiger charge is 2.30. The van der Waals surface area contributed by atoms with Gasteiger partial charge in [0, 0.05) is 12.6 Å². The van der Waals surface area contributed by atoms with Gasteiger partial charge in [-0.15, -0.1) is 11.3 Å². The van der Waals surface area contributed by atoms with Crippen molar-refractivity contribution in [1.82, 2.24) is 4.90 Å². The molecule has 0 radical (unpaired) electrons. The van der Waals surface area contributed by atoms with E-state index in [9.17, 15) is 9.59 Å². The lowest BCUT2D eigenvalue weighted by molar-refractivity contribution is -0.117. The third-order valence-electron chi connectivity index (χ3n) is 4.28. The number of thiophene rings is 1. The van der Waals surface area contributed by atoms with E-state index < -0.39 is 0 Å². The second kappa shape index (κ2) is 8.47. The molecule has 0 atom stereocenters. The lowest BCUT2D eigenvalue weighted by Crippen LogP contribution is -2.34. The van der Waals surface area contributed by atoms with Crippen LogP contribution < -0.4 is 5.32 Å². The summed E-state index contributed by atoms with van der Waals surface area (Å²) in [5.41, 5.74) is 2.04. The van der Waals surface area contributed by atoms with Crippen molar-refractivity contribution in [3.63, 3.8) is 0 Å². The van der Waals surface area contributed by atoms with Crippen LogP contribution in [-0.4, -0.2) is 36.0 Å². The first kappa shape index (κ1) is 18.6. The van der Waals surface area contributed by atoms with Crippen molar-refractivity contribution < 1.29 is 14.3 Å². The van der Waals surface area contributed by atoms with Gasteiger partial charge in [-0.3, -0.25) is 9.69 Å². The van der Waals surface area contributed by atoms with Crippen LogP contribution in [0.2, 0.25) is 0 Å². The lowest BCUT2D eigenvalue weighted by Gasteiger charge is -2.21. The summed E-state index contributed by atoms with van der Waals surface area (Å²) in [6, 6.07) is 12.5. The Bertz CT molecular complexity index is 769. The van der Waals surface area contributed by atoms with Crippen LogP contribution in [0.5, 0.6) is 0 Å². The number of amides is 1. The molecule has 5 nitrogen and oxygen atoms in total. The van der Waals surface area contributed by atoms with Crippen molar-refractivity contribution in [3.8, 4) is 0 Å². The Morgan fingerprint density at radius 1 is 1.27 bits per heavy atom. The number of ether oxygens (including phenoxy) is 1. The SMILES string of the molecule is CCOC(=O)c1sc(NC(=O)CN(Cc2ccccc2)C2CC2)cc1C. The van der Waals surface area contributed by atoms with Crippen LogP contribution >= 0.6 is 11.3 Å². The molecule has 0 spiro atoms. The number of rotatable bonds is 8. The van der Waals surface area contributed by atoms with Gasteiger partial charge in [0.2, 0.25) is 5.91 Å². The van der Waals surface area contributed by atoms with Crippen molar-refractivity contribution >= 4 is 28.2 Å². The zero-order chi connectivity index (χ0) is 18.5. The standard InChI is InChI=1S/C20H24N2O3S/c1-3-25-20(24)19-14(2)11-18(26-19)21-17(23)13-22(16-9-10-16)12-15-7-5-4-6-8-15/h4-8,11,16H,3,9-10,12-13H2,1-2H3,(H,21,23). The van der Waals surface area contributed by atoms with Gasteiger partial charge in [-0.2, -0.15) is 0 Å². The van der Waals surface area contributed by atoms with E-state index in [1.165, 1.54) is 16.9 Å². The van der Waals surface area contributed by atoms with Crippen LogP contribution in [0, 0.1) is 6.92 Å². The molecule has 3 rings (SSSR count). The van der Waals surface area contributed by atoms with E-state index in [1.54, 1.807) is 6.92 Å². The predicted molar refractivity (Wildman–Crippen MR) is 104 cm³/mol. The van der Waals surface area contributed by atoms with Crippen molar-refractivity contribution in [1.29, 1.82) is 0 Å². The molecule has 0 bridgehead atoms. The van der Waals surface area contributed by atoms with Crippen LogP contribution in [0.3, 0.4) is 0 Å². The molecule has 1 saturated carbocycles. The summed E-state index contributed by atoms with van der Waals surface area (Å²) in [5.74, 6) is -0.385. The summed E-state index contributed by atoms with van der Waals surface area (Å²) in [6.07, 6.45) is 2.29. The average Bonchev–Trinajstić information content (AvgIpc) is 3.39. The van der Waals surface area contributed by atoms with E-state index in [0.29, 0.717) is 29.1 Å². The number of carbonyl (C=O) groups excluding carboxylic acids is 2. The fraction of sp³-hybridized carbons (Fsp3) is 0.400. The number of aryl methyl sites for hydroxylation is 1. The molecule has 1 fully saturated rings. The van der Waals surface area contributed by atoms with Crippen LogP contribution in [0.25, 0.3) is 0 Å². The summed E-state index contributed by atoms with van der Waals surface area (Å²) >= 11 is 1.27. The number of anilines is 1. The number of hydrogen-bond donors (Lipinski definition) is 1. The molecule has 0 unspecified atom stereocenters. The van der Waals surface area contributed by atoms with Gasteiger partial charge in [-0.1, -0.05) is 30.3 Å². The van der Waals surface area contributed by atoms with Gasteiger partial charge in [0.15, 0.2) is 0 Å². The van der Waals surface area contributed by atoms with E-state index in [0.717, 1.165) is 24.9 Å². The molecular weight excluding hydrogens is 348 g/mol. The smallest absolute Gasteiger partial charge is 0.348 e. The van der Waals surface area contributed by atoms with Gasteiger partial charge < -0.3 is 10.1 Å². The van der Waals surface area contributed by atoms with E-state index in [-0.39, 0.29) is 11.9 Å². The molecule has 26 heavy (non-hydrogen) atoms.